The molecule has 2 N–H and O–H groups in total. The maximum Gasteiger partial charge on any atom is 0.230 e. The molecule has 0 radical (unpaired) electrons. The predicted octanol–water partition coefficient (Wildman–Crippen LogP) is 5.77. The minimum atomic E-state index is -2.28. The highest BCUT2D eigenvalue weighted by Gasteiger charge is 2.28. The summed E-state index contributed by atoms with van der Waals surface area (Å²) in [6.07, 6.45) is 4.89. The number of halogens is 5. The molecule has 1 saturated carbocycles. The average Bonchev–Trinajstić information content (AvgIpc) is 2.85. The van der Waals surface area contributed by atoms with E-state index in [4.69, 9.17) is 0 Å². The minimum absolute atomic E-state index is 0.0252. The summed E-state index contributed by atoms with van der Waals surface area (Å²) in [4.78, 5) is 21.5. The van der Waals surface area contributed by atoms with Crippen molar-refractivity contribution in [1.29, 1.82) is 0 Å². The van der Waals surface area contributed by atoms with Gasteiger partial charge in [-0.25, -0.2) is 31.9 Å². The molecule has 1 aliphatic carbocycles. The number of nitrogens with zero attached hydrogens (tertiary/aromatic N) is 2. The second-order valence-electron chi connectivity index (χ2n) is 8.14. The van der Waals surface area contributed by atoms with E-state index in [1.807, 2.05) is 0 Å². The average molecular weight is 477 g/mol. The first-order chi connectivity index (χ1) is 16.3. The molecule has 1 fully saturated rings. The molecule has 34 heavy (non-hydrogen) atoms. The summed E-state index contributed by atoms with van der Waals surface area (Å²) in [6.45, 7) is 0. The number of hydrogen-bond donors (Lipinski definition) is 2. The molecule has 0 bridgehead atoms. The van der Waals surface area contributed by atoms with Crippen LogP contribution in [0.2, 0.25) is 0 Å². The van der Waals surface area contributed by atoms with Crippen LogP contribution in [0.25, 0.3) is 11.3 Å². The highest BCUT2D eigenvalue weighted by Crippen LogP contribution is 2.36. The first-order valence-corrected chi connectivity index (χ1v) is 10.7. The lowest BCUT2D eigenvalue weighted by Gasteiger charge is -2.23. The van der Waals surface area contributed by atoms with E-state index in [9.17, 15) is 31.9 Å². The zero-order valence-electron chi connectivity index (χ0n) is 17.8. The fraction of sp³-hybridized carbons (Fsp3) is 0.292. The van der Waals surface area contributed by atoms with E-state index >= 15 is 0 Å². The molecule has 1 aromatic heterocycles. The Balaban J connectivity index is 1.64. The third-order valence-corrected chi connectivity index (χ3v) is 5.85. The van der Waals surface area contributed by atoms with Crippen molar-refractivity contribution in [1.82, 2.24) is 9.97 Å². The maximum absolute atomic E-state index is 14.0. The summed E-state index contributed by atoms with van der Waals surface area (Å²) < 4.78 is 68.2. The lowest BCUT2D eigenvalue weighted by molar-refractivity contribution is -0.115. The van der Waals surface area contributed by atoms with Crippen molar-refractivity contribution in [2.75, 3.05) is 5.32 Å². The first kappa shape index (κ1) is 23.6. The summed E-state index contributed by atoms with van der Waals surface area (Å²) in [7, 11) is 0. The highest BCUT2D eigenvalue weighted by atomic mass is 19.2. The van der Waals surface area contributed by atoms with E-state index in [0.29, 0.717) is 17.0 Å². The number of carbonyl (C=O) groups is 1. The van der Waals surface area contributed by atoms with Crippen molar-refractivity contribution in [2.24, 2.45) is 0 Å². The zero-order valence-corrected chi connectivity index (χ0v) is 17.8. The number of nitrogens with one attached hydrogen (secondary N) is 1. The molecule has 0 unspecified atom stereocenters. The van der Waals surface area contributed by atoms with Gasteiger partial charge in [0.15, 0.2) is 29.1 Å². The molecule has 5 nitrogen and oxygen atoms in total. The number of benzene rings is 2. The van der Waals surface area contributed by atoms with E-state index in [-0.39, 0.29) is 17.5 Å². The van der Waals surface area contributed by atoms with Gasteiger partial charge < -0.3 is 10.4 Å². The SMILES string of the molecule is O=C(Cc1c(F)c(F)c(F)c(F)c1F)Nc1ncc(-c2ccc(O)cc2)nc1C1CCCCC1. The van der Waals surface area contributed by atoms with Crippen molar-refractivity contribution in [3.63, 3.8) is 0 Å². The number of phenolic OH excluding ortho intramolecular Hbond substituents is 1. The van der Waals surface area contributed by atoms with Gasteiger partial charge in [-0.15, -0.1) is 0 Å². The Labute approximate surface area is 191 Å². The smallest absolute Gasteiger partial charge is 0.230 e. The molecule has 1 aliphatic rings. The van der Waals surface area contributed by atoms with Crippen LogP contribution in [0.4, 0.5) is 27.8 Å². The van der Waals surface area contributed by atoms with Gasteiger partial charge in [-0.1, -0.05) is 19.3 Å². The number of rotatable bonds is 5. The van der Waals surface area contributed by atoms with Crippen LogP contribution in [-0.2, 0) is 11.2 Å². The molecule has 4 rings (SSSR count). The van der Waals surface area contributed by atoms with Crippen LogP contribution in [0.3, 0.4) is 0 Å². The van der Waals surface area contributed by atoms with E-state index in [1.165, 1.54) is 18.3 Å². The Morgan fingerprint density at radius 3 is 2.12 bits per heavy atom. The molecule has 0 spiro atoms. The molecule has 1 heterocycles. The summed E-state index contributed by atoms with van der Waals surface area (Å²) in [5, 5.41) is 11.9. The van der Waals surface area contributed by atoms with Gasteiger partial charge in [-0.05, 0) is 37.1 Å². The molecule has 0 saturated heterocycles. The Morgan fingerprint density at radius 2 is 1.50 bits per heavy atom. The van der Waals surface area contributed by atoms with Gasteiger partial charge in [0, 0.05) is 17.0 Å². The largest absolute Gasteiger partial charge is 0.508 e. The highest BCUT2D eigenvalue weighted by molar-refractivity contribution is 5.92. The van der Waals surface area contributed by atoms with Crippen LogP contribution in [0.5, 0.6) is 5.75 Å². The Hall–Kier alpha value is -3.56. The van der Waals surface area contributed by atoms with Crippen molar-refractivity contribution < 1.29 is 31.9 Å². The number of carbonyl (C=O) groups excluding carboxylic acids is 1. The third-order valence-electron chi connectivity index (χ3n) is 5.85. The molecule has 0 atom stereocenters. The standard InChI is InChI=1S/C24H20F5N3O2/c25-18-15(19(26)21(28)22(29)20(18)27)10-17(34)32-24-23(13-4-2-1-3-5-13)31-16(11-30-24)12-6-8-14(33)9-7-12/h6-9,11,13,33H,1-5,10H2,(H,30,32,34). The van der Waals surface area contributed by atoms with Gasteiger partial charge in [-0.3, -0.25) is 4.79 Å². The van der Waals surface area contributed by atoms with E-state index in [0.717, 1.165) is 32.1 Å². The fourth-order valence-corrected chi connectivity index (χ4v) is 4.07. The fourth-order valence-electron chi connectivity index (χ4n) is 4.07. The van der Waals surface area contributed by atoms with Crippen LogP contribution in [-0.4, -0.2) is 21.0 Å². The van der Waals surface area contributed by atoms with Gasteiger partial charge in [0.05, 0.1) is 24.0 Å². The van der Waals surface area contributed by atoms with Gasteiger partial charge in [-0.2, -0.15) is 0 Å². The summed E-state index contributed by atoms with van der Waals surface area (Å²) in [6, 6.07) is 6.31. The number of anilines is 1. The van der Waals surface area contributed by atoms with Crippen molar-refractivity contribution >= 4 is 11.7 Å². The second kappa shape index (κ2) is 9.74. The second-order valence-corrected chi connectivity index (χ2v) is 8.14. The Morgan fingerprint density at radius 1 is 0.912 bits per heavy atom. The van der Waals surface area contributed by atoms with Gasteiger partial charge >= 0.3 is 0 Å². The molecule has 2 aromatic carbocycles. The number of amides is 1. The van der Waals surface area contributed by atoms with Gasteiger partial charge in [0.2, 0.25) is 11.7 Å². The van der Waals surface area contributed by atoms with Crippen LogP contribution in [0.1, 0.15) is 49.3 Å². The first-order valence-electron chi connectivity index (χ1n) is 10.7. The minimum Gasteiger partial charge on any atom is -0.508 e. The van der Waals surface area contributed by atoms with Crippen LogP contribution >= 0.6 is 0 Å². The Kier molecular flexibility index (Phi) is 6.76. The molecule has 10 heteroatoms. The summed E-state index contributed by atoms with van der Waals surface area (Å²) in [5.74, 6) is -11.5. The van der Waals surface area contributed by atoms with E-state index in [2.05, 4.69) is 15.3 Å². The van der Waals surface area contributed by atoms with Gasteiger partial charge in [0.1, 0.15) is 5.75 Å². The van der Waals surface area contributed by atoms with Gasteiger partial charge in [0.25, 0.3) is 0 Å². The number of phenols is 1. The number of aromatic nitrogens is 2. The summed E-state index contributed by atoms with van der Waals surface area (Å²) in [5.41, 5.74) is 0.442. The molecule has 178 valence electrons. The lowest BCUT2D eigenvalue weighted by atomic mass is 9.86. The van der Waals surface area contributed by atoms with E-state index < -0.39 is 47.0 Å². The molecular formula is C24H20F5N3O2. The molecule has 0 aliphatic heterocycles. The van der Waals surface area contributed by atoms with Crippen LogP contribution in [0.15, 0.2) is 30.5 Å². The van der Waals surface area contributed by atoms with Crippen LogP contribution in [0, 0.1) is 29.1 Å². The quantitative estimate of drug-likeness (QED) is 0.278. The molecule has 3 aromatic rings. The normalized spacial score (nSPS) is 14.3. The van der Waals surface area contributed by atoms with E-state index in [1.54, 1.807) is 12.1 Å². The lowest BCUT2D eigenvalue weighted by Crippen LogP contribution is -2.21. The zero-order chi connectivity index (χ0) is 24.4. The molecular weight excluding hydrogens is 457 g/mol. The Bertz CT molecular complexity index is 1200. The maximum atomic E-state index is 14.0. The van der Waals surface area contributed by atoms with Crippen molar-refractivity contribution in [2.45, 2.75) is 44.4 Å². The number of aromatic hydroxyl groups is 1. The van der Waals surface area contributed by atoms with Crippen LogP contribution < -0.4 is 5.32 Å². The predicted molar refractivity (Wildman–Crippen MR) is 114 cm³/mol. The topological polar surface area (TPSA) is 75.1 Å². The monoisotopic (exact) mass is 477 g/mol. The number of hydrogen-bond acceptors (Lipinski definition) is 4. The third kappa shape index (κ3) is 4.71. The van der Waals surface area contributed by atoms with Crippen molar-refractivity contribution in [3.05, 3.63) is 70.8 Å². The van der Waals surface area contributed by atoms with Crippen molar-refractivity contribution in [3.8, 4) is 17.0 Å². The summed E-state index contributed by atoms with van der Waals surface area (Å²) >= 11 is 0. The molecule has 1 amide bonds.